The first-order valence-corrected chi connectivity index (χ1v) is 8.85. The molecule has 0 aliphatic heterocycles. The second-order valence-electron chi connectivity index (χ2n) is 6.47. The molecule has 0 saturated heterocycles. The summed E-state index contributed by atoms with van der Waals surface area (Å²) in [6, 6.07) is 13.4. The minimum Gasteiger partial charge on any atom is -0.451 e. The molecule has 0 fully saturated rings. The van der Waals surface area contributed by atoms with Crippen LogP contribution in [-0.2, 0) is 0 Å². The number of benzene rings is 2. The molecule has 8 heteroatoms. The van der Waals surface area contributed by atoms with E-state index >= 15 is 0 Å². The van der Waals surface area contributed by atoms with Crippen LogP contribution in [0.25, 0.3) is 16.7 Å². The number of fused-ring (bicyclic) bond motifs is 1. The minimum absolute atomic E-state index is 0.116. The van der Waals surface area contributed by atoms with Gasteiger partial charge in [-0.05, 0) is 32.0 Å². The largest absolute Gasteiger partial charge is 0.451 e. The van der Waals surface area contributed by atoms with Crippen LogP contribution in [0.3, 0.4) is 0 Å². The van der Waals surface area contributed by atoms with Gasteiger partial charge in [0.25, 0.3) is 5.91 Å². The molecule has 0 bridgehead atoms. The van der Waals surface area contributed by atoms with E-state index in [1.54, 1.807) is 38.1 Å². The fraction of sp³-hybridized carbons (Fsp3) is 0.0952. The molecule has 0 aliphatic carbocycles. The Bertz CT molecular complexity index is 1240. The standard InChI is InChI=1S/C21H17FN4O3/c1-12-14-7-3-6-10-18(14)29-19(12)21(28)25-24-20(27)15-11-23-26(13(15)2)17-9-5-4-8-16(17)22/h3-11H,1-2H3,(H,24,27)(H,25,28). The predicted octanol–water partition coefficient (Wildman–Crippen LogP) is 3.45. The predicted molar refractivity (Wildman–Crippen MR) is 104 cm³/mol. The van der Waals surface area contributed by atoms with Crippen molar-refractivity contribution in [3.05, 3.63) is 83.1 Å². The number of rotatable bonds is 3. The maximum atomic E-state index is 14.0. The summed E-state index contributed by atoms with van der Waals surface area (Å²) < 4.78 is 20.9. The topological polar surface area (TPSA) is 89.2 Å². The Morgan fingerprint density at radius 1 is 1.00 bits per heavy atom. The number of aryl methyl sites for hydroxylation is 1. The van der Waals surface area contributed by atoms with Gasteiger partial charge in [0.05, 0.1) is 17.5 Å². The van der Waals surface area contributed by atoms with Gasteiger partial charge in [0.1, 0.15) is 17.1 Å². The molecular formula is C21H17FN4O3. The van der Waals surface area contributed by atoms with Crippen molar-refractivity contribution in [2.75, 3.05) is 0 Å². The van der Waals surface area contributed by atoms with E-state index in [-0.39, 0.29) is 17.0 Å². The molecule has 2 aromatic carbocycles. The third-order valence-corrected chi connectivity index (χ3v) is 4.67. The third-order valence-electron chi connectivity index (χ3n) is 4.67. The van der Waals surface area contributed by atoms with Crippen LogP contribution in [0.4, 0.5) is 4.39 Å². The summed E-state index contributed by atoms with van der Waals surface area (Å²) in [7, 11) is 0. The van der Waals surface area contributed by atoms with Gasteiger partial charge in [0.15, 0.2) is 5.76 Å². The highest BCUT2D eigenvalue weighted by molar-refractivity contribution is 6.01. The lowest BCUT2D eigenvalue weighted by molar-refractivity contribution is 0.0831. The van der Waals surface area contributed by atoms with Gasteiger partial charge >= 0.3 is 5.91 Å². The molecule has 29 heavy (non-hydrogen) atoms. The second-order valence-corrected chi connectivity index (χ2v) is 6.47. The number of aromatic nitrogens is 2. The molecule has 0 aliphatic rings. The molecule has 0 unspecified atom stereocenters. The van der Waals surface area contributed by atoms with Gasteiger partial charge in [-0.2, -0.15) is 5.10 Å². The van der Waals surface area contributed by atoms with E-state index in [2.05, 4.69) is 16.0 Å². The Labute approximate surface area is 165 Å². The van der Waals surface area contributed by atoms with Gasteiger partial charge in [0, 0.05) is 10.9 Å². The Balaban J connectivity index is 1.51. The first kappa shape index (κ1) is 18.4. The molecule has 2 heterocycles. The number of hydrazine groups is 1. The fourth-order valence-corrected chi connectivity index (χ4v) is 3.13. The van der Waals surface area contributed by atoms with Crippen molar-refractivity contribution >= 4 is 22.8 Å². The van der Waals surface area contributed by atoms with Crippen molar-refractivity contribution in [1.29, 1.82) is 0 Å². The van der Waals surface area contributed by atoms with E-state index < -0.39 is 17.6 Å². The van der Waals surface area contributed by atoms with Crippen molar-refractivity contribution in [2.24, 2.45) is 0 Å². The number of para-hydroxylation sites is 2. The van der Waals surface area contributed by atoms with E-state index in [1.807, 2.05) is 18.2 Å². The molecule has 7 nitrogen and oxygen atoms in total. The van der Waals surface area contributed by atoms with Crippen LogP contribution in [0.1, 0.15) is 32.2 Å². The second kappa shape index (κ2) is 7.23. The molecule has 0 atom stereocenters. The van der Waals surface area contributed by atoms with Gasteiger partial charge in [-0.15, -0.1) is 0 Å². The molecule has 2 aromatic heterocycles. The molecule has 2 amide bonds. The van der Waals surface area contributed by atoms with Gasteiger partial charge in [-0.25, -0.2) is 9.07 Å². The number of amides is 2. The molecule has 0 spiro atoms. The Hall–Kier alpha value is -3.94. The smallest absolute Gasteiger partial charge is 0.305 e. The average molecular weight is 392 g/mol. The van der Waals surface area contributed by atoms with Crippen molar-refractivity contribution in [2.45, 2.75) is 13.8 Å². The molecule has 2 N–H and O–H groups in total. The molecule has 0 radical (unpaired) electrons. The monoisotopic (exact) mass is 392 g/mol. The number of carbonyl (C=O) groups excluding carboxylic acids is 2. The number of nitrogens with one attached hydrogen (secondary N) is 2. The van der Waals surface area contributed by atoms with E-state index in [1.165, 1.54) is 16.9 Å². The molecule has 0 saturated carbocycles. The van der Waals surface area contributed by atoms with Crippen LogP contribution in [0.15, 0.2) is 59.1 Å². The maximum absolute atomic E-state index is 14.0. The molecular weight excluding hydrogens is 375 g/mol. The summed E-state index contributed by atoms with van der Waals surface area (Å²) in [5.41, 5.74) is 6.81. The van der Waals surface area contributed by atoms with Crippen molar-refractivity contribution < 1.29 is 18.4 Å². The lowest BCUT2D eigenvalue weighted by atomic mass is 10.1. The van der Waals surface area contributed by atoms with Crippen molar-refractivity contribution in [3.63, 3.8) is 0 Å². The van der Waals surface area contributed by atoms with Crippen LogP contribution < -0.4 is 10.9 Å². The minimum atomic E-state index is -0.578. The van der Waals surface area contributed by atoms with E-state index in [0.717, 1.165) is 5.39 Å². The highest BCUT2D eigenvalue weighted by atomic mass is 19.1. The Morgan fingerprint density at radius 2 is 1.69 bits per heavy atom. The molecule has 4 rings (SSSR count). The summed E-state index contributed by atoms with van der Waals surface area (Å²) >= 11 is 0. The number of carbonyl (C=O) groups is 2. The van der Waals surface area contributed by atoms with E-state index in [9.17, 15) is 14.0 Å². The first-order valence-electron chi connectivity index (χ1n) is 8.85. The first-order chi connectivity index (χ1) is 14.0. The van der Waals surface area contributed by atoms with Gasteiger partial charge in [-0.1, -0.05) is 30.3 Å². The summed E-state index contributed by atoms with van der Waals surface area (Å²) in [6.07, 6.45) is 1.32. The summed E-state index contributed by atoms with van der Waals surface area (Å²) in [5.74, 6) is -1.50. The number of hydrogen-bond acceptors (Lipinski definition) is 4. The lowest BCUT2D eigenvalue weighted by Gasteiger charge is -2.08. The van der Waals surface area contributed by atoms with Gasteiger partial charge in [-0.3, -0.25) is 20.4 Å². The van der Waals surface area contributed by atoms with E-state index in [0.29, 0.717) is 16.8 Å². The number of furan rings is 1. The molecule has 146 valence electrons. The van der Waals surface area contributed by atoms with Crippen LogP contribution in [0.5, 0.6) is 0 Å². The highest BCUT2D eigenvalue weighted by Crippen LogP contribution is 2.24. The lowest BCUT2D eigenvalue weighted by Crippen LogP contribution is -2.41. The Morgan fingerprint density at radius 3 is 2.45 bits per heavy atom. The average Bonchev–Trinajstić information content (AvgIpc) is 3.27. The molecule has 4 aromatic rings. The number of hydrogen-bond donors (Lipinski definition) is 2. The summed E-state index contributed by atoms with van der Waals surface area (Å²) in [6.45, 7) is 3.41. The van der Waals surface area contributed by atoms with Gasteiger partial charge in [0.2, 0.25) is 0 Å². The van der Waals surface area contributed by atoms with Crippen LogP contribution >= 0.6 is 0 Å². The zero-order valence-corrected chi connectivity index (χ0v) is 15.7. The van der Waals surface area contributed by atoms with E-state index in [4.69, 9.17) is 4.42 Å². The fourth-order valence-electron chi connectivity index (χ4n) is 3.13. The van der Waals surface area contributed by atoms with Crippen LogP contribution in [0.2, 0.25) is 0 Å². The van der Waals surface area contributed by atoms with Gasteiger partial charge < -0.3 is 4.42 Å². The quantitative estimate of drug-likeness (QED) is 0.523. The zero-order valence-electron chi connectivity index (χ0n) is 15.7. The maximum Gasteiger partial charge on any atom is 0.305 e. The summed E-state index contributed by atoms with van der Waals surface area (Å²) in [5, 5.41) is 4.91. The Kier molecular flexibility index (Phi) is 4.59. The number of nitrogens with zero attached hydrogens (tertiary/aromatic N) is 2. The number of halogens is 1. The SMILES string of the molecule is Cc1c(C(=O)NNC(=O)c2cnn(-c3ccccc3F)c2C)oc2ccccc12. The van der Waals surface area contributed by atoms with Crippen LogP contribution in [0, 0.1) is 19.7 Å². The normalized spacial score (nSPS) is 10.9. The zero-order chi connectivity index (χ0) is 20.5. The van der Waals surface area contributed by atoms with Crippen molar-refractivity contribution in [3.8, 4) is 5.69 Å². The van der Waals surface area contributed by atoms with Crippen LogP contribution in [-0.4, -0.2) is 21.6 Å². The summed E-state index contributed by atoms with van der Waals surface area (Å²) in [4.78, 5) is 24.9. The van der Waals surface area contributed by atoms with Crippen molar-refractivity contribution in [1.82, 2.24) is 20.6 Å². The third kappa shape index (κ3) is 3.25. The highest BCUT2D eigenvalue weighted by Gasteiger charge is 2.20.